The van der Waals surface area contributed by atoms with Crippen LogP contribution in [0.4, 0.5) is 14.5 Å². The van der Waals surface area contributed by atoms with Gasteiger partial charge in [0.2, 0.25) is 0 Å². The summed E-state index contributed by atoms with van der Waals surface area (Å²) in [7, 11) is 0. The Morgan fingerprint density at radius 3 is 2.44 bits per heavy atom. The lowest BCUT2D eigenvalue weighted by Crippen LogP contribution is -2.30. The molecule has 0 radical (unpaired) electrons. The summed E-state index contributed by atoms with van der Waals surface area (Å²) < 4.78 is 27.1. The van der Waals surface area contributed by atoms with Gasteiger partial charge in [-0.15, -0.1) is 0 Å². The molecule has 0 spiro atoms. The normalized spacial score (nSPS) is 13.9. The van der Waals surface area contributed by atoms with E-state index in [0.717, 1.165) is 22.6 Å². The van der Waals surface area contributed by atoms with E-state index in [-0.39, 0.29) is 12.2 Å². The van der Waals surface area contributed by atoms with Gasteiger partial charge in [0.1, 0.15) is 11.6 Å². The SMILES string of the molecule is CC(C)=CCN1C(=O)C(=O)c2c(F)ccc(F)c21. The van der Waals surface area contributed by atoms with E-state index in [4.69, 9.17) is 0 Å². The molecule has 0 bridgehead atoms. The Bertz CT molecular complexity index is 575. The molecule has 1 aliphatic rings. The zero-order valence-electron chi connectivity index (χ0n) is 9.96. The number of carbonyl (C=O) groups is 2. The molecule has 1 aromatic carbocycles. The van der Waals surface area contributed by atoms with Gasteiger partial charge in [-0.25, -0.2) is 8.78 Å². The number of ketones is 1. The summed E-state index contributed by atoms with van der Waals surface area (Å²) in [6, 6.07) is 1.76. The number of nitrogens with zero attached hydrogens (tertiary/aromatic N) is 1. The molecule has 1 heterocycles. The Morgan fingerprint density at radius 2 is 1.83 bits per heavy atom. The summed E-state index contributed by atoms with van der Waals surface area (Å²) in [6.45, 7) is 3.68. The van der Waals surface area contributed by atoms with Crippen molar-refractivity contribution in [3.8, 4) is 0 Å². The van der Waals surface area contributed by atoms with Crippen LogP contribution in [0.15, 0.2) is 23.8 Å². The number of amides is 1. The van der Waals surface area contributed by atoms with Crippen molar-refractivity contribution in [1.82, 2.24) is 0 Å². The van der Waals surface area contributed by atoms with Crippen molar-refractivity contribution in [2.24, 2.45) is 0 Å². The van der Waals surface area contributed by atoms with Crippen LogP contribution in [0.3, 0.4) is 0 Å². The van der Waals surface area contributed by atoms with Gasteiger partial charge in [-0.2, -0.15) is 0 Å². The topological polar surface area (TPSA) is 37.4 Å². The van der Waals surface area contributed by atoms with Crippen LogP contribution < -0.4 is 4.90 Å². The maximum Gasteiger partial charge on any atom is 0.299 e. The van der Waals surface area contributed by atoms with E-state index in [1.165, 1.54) is 0 Å². The van der Waals surface area contributed by atoms with E-state index < -0.39 is 28.9 Å². The number of Topliss-reactive ketones (excluding diaryl/α,β-unsaturated/α-hetero) is 1. The predicted octanol–water partition coefficient (Wildman–Crippen LogP) is 2.46. The van der Waals surface area contributed by atoms with Gasteiger partial charge in [-0.3, -0.25) is 14.5 Å². The van der Waals surface area contributed by atoms with E-state index in [1.54, 1.807) is 6.08 Å². The summed E-state index contributed by atoms with van der Waals surface area (Å²) in [5.41, 5.74) is 0.185. The number of anilines is 1. The minimum Gasteiger partial charge on any atom is -0.298 e. The molecule has 18 heavy (non-hydrogen) atoms. The molecule has 0 aromatic heterocycles. The van der Waals surface area contributed by atoms with Crippen LogP contribution >= 0.6 is 0 Å². The molecule has 0 aliphatic carbocycles. The minimum absolute atomic E-state index is 0.0558. The predicted molar refractivity (Wildman–Crippen MR) is 62.5 cm³/mol. The van der Waals surface area contributed by atoms with Gasteiger partial charge in [0.05, 0.1) is 11.3 Å². The van der Waals surface area contributed by atoms with E-state index in [0.29, 0.717) is 0 Å². The lowest BCUT2D eigenvalue weighted by Gasteiger charge is -2.15. The second-order valence-corrected chi connectivity index (χ2v) is 4.28. The first-order chi connectivity index (χ1) is 8.43. The van der Waals surface area contributed by atoms with Crippen LogP contribution in [-0.4, -0.2) is 18.2 Å². The fraction of sp³-hybridized carbons (Fsp3) is 0.231. The Morgan fingerprint density at radius 1 is 1.22 bits per heavy atom. The molecule has 3 nitrogen and oxygen atoms in total. The smallest absolute Gasteiger partial charge is 0.298 e. The van der Waals surface area contributed by atoms with Gasteiger partial charge >= 0.3 is 0 Å². The quantitative estimate of drug-likeness (QED) is 0.598. The molecule has 5 heteroatoms. The molecule has 2 rings (SSSR count). The van der Waals surface area contributed by atoms with Crippen molar-refractivity contribution >= 4 is 17.4 Å². The first kappa shape index (κ1) is 12.4. The van der Waals surface area contributed by atoms with Crippen LogP contribution in [0, 0.1) is 11.6 Å². The number of rotatable bonds is 2. The molecule has 1 aromatic rings. The summed E-state index contributed by atoms with van der Waals surface area (Å²) in [5.74, 6) is -3.53. The Labute approximate surface area is 103 Å². The Kier molecular flexibility index (Phi) is 2.98. The molecular formula is C13H11F2NO2. The molecular weight excluding hydrogens is 240 g/mol. The van der Waals surface area contributed by atoms with E-state index in [9.17, 15) is 18.4 Å². The number of allylic oxidation sites excluding steroid dienone is 1. The second kappa shape index (κ2) is 4.33. The van der Waals surface area contributed by atoms with Crippen molar-refractivity contribution in [3.63, 3.8) is 0 Å². The number of hydrogen-bond donors (Lipinski definition) is 0. The number of carbonyl (C=O) groups excluding carboxylic acids is 2. The lowest BCUT2D eigenvalue weighted by molar-refractivity contribution is -0.114. The molecule has 94 valence electrons. The minimum atomic E-state index is -0.996. The van der Waals surface area contributed by atoms with Gasteiger partial charge < -0.3 is 0 Å². The monoisotopic (exact) mass is 251 g/mol. The highest BCUT2D eigenvalue weighted by Crippen LogP contribution is 2.33. The molecule has 1 aliphatic heterocycles. The van der Waals surface area contributed by atoms with Crippen LogP contribution in [0.1, 0.15) is 24.2 Å². The molecule has 0 atom stereocenters. The third-order valence-corrected chi connectivity index (χ3v) is 2.70. The number of halogens is 2. The highest BCUT2D eigenvalue weighted by atomic mass is 19.1. The van der Waals surface area contributed by atoms with Gasteiger partial charge in [-0.1, -0.05) is 11.6 Å². The number of hydrogen-bond acceptors (Lipinski definition) is 2. The summed E-state index contributed by atoms with van der Waals surface area (Å²) in [5, 5.41) is 0. The zero-order valence-corrected chi connectivity index (χ0v) is 9.96. The van der Waals surface area contributed by atoms with Crippen LogP contribution in [0.2, 0.25) is 0 Å². The molecule has 0 N–H and O–H groups in total. The molecule has 0 saturated carbocycles. The van der Waals surface area contributed by atoms with Crippen LogP contribution in [0.25, 0.3) is 0 Å². The first-order valence-electron chi connectivity index (χ1n) is 5.41. The van der Waals surface area contributed by atoms with E-state index in [2.05, 4.69) is 0 Å². The van der Waals surface area contributed by atoms with Gasteiger partial charge in [0.15, 0.2) is 0 Å². The maximum absolute atomic E-state index is 13.7. The number of fused-ring (bicyclic) bond motifs is 1. The van der Waals surface area contributed by atoms with E-state index in [1.807, 2.05) is 13.8 Å². The summed E-state index contributed by atoms with van der Waals surface area (Å²) in [6.07, 6.45) is 1.67. The fourth-order valence-corrected chi connectivity index (χ4v) is 1.80. The standard InChI is InChI=1S/C13H11F2NO2/c1-7(2)5-6-16-11-9(15)4-3-8(14)10(11)12(17)13(16)18/h3-5H,6H2,1-2H3. The third kappa shape index (κ3) is 1.81. The third-order valence-electron chi connectivity index (χ3n) is 2.70. The van der Waals surface area contributed by atoms with Gasteiger partial charge in [-0.05, 0) is 26.0 Å². The van der Waals surface area contributed by atoms with E-state index >= 15 is 0 Å². The zero-order chi connectivity index (χ0) is 13.4. The summed E-state index contributed by atoms with van der Waals surface area (Å²) >= 11 is 0. The Hall–Kier alpha value is -2.04. The first-order valence-corrected chi connectivity index (χ1v) is 5.41. The molecule has 0 fully saturated rings. The molecule has 0 unspecified atom stereocenters. The Balaban J connectivity index is 2.55. The van der Waals surface area contributed by atoms with Crippen molar-refractivity contribution < 1.29 is 18.4 Å². The second-order valence-electron chi connectivity index (χ2n) is 4.28. The fourth-order valence-electron chi connectivity index (χ4n) is 1.80. The van der Waals surface area contributed by atoms with Crippen molar-refractivity contribution in [1.29, 1.82) is 0 Å². The number of benzene rings is 1. The van der Waals surface area contributed by atoms with Crippen molar-refractivity contribution in [2.75, 3.05) is 11.4 Å². The highest BCUT2D eigenvalue weighted by Gasteiger charge is 2.39. The average molecular weight is 251 g/mol. The van der Waals surface area contributed by atoms with Gasteiger partial charge in [0, 0.05) is 6.54 Å². The van der Waals surface area contributed by atoms with Crippen LogP contribution in [0.5, 0.6) is 0 Å². The highest BCUT2D eigenvalue weighted by molar-refractivity contribution is 6.52. The van der Waals surface area contributed by atoms with Crippen molar-refractivity contribution in [3.05, 3.63) is 41.0 Å². The average Bonchev–Trinajstić information content (AvgIpc) is 2.56. The lowest BCUT2D eigenvalue weighted by atomic mass is 10.1. The maximum atomic E-state index is 13.7. The molecule has 1 amide bonds. The summed E-state index contributed by atoms with van der Waals surface area (Å²) in [4.78, 5) is 24.3. The van der Waals surface area contributed by atoms with Crippen LogP contribution in [-0.2, 0) is 4.79 Å². The van der Waals surface area contributed by atoms with Crippen molar-refractivity contribution in [2.45, 2.75) is 13.8 Å². The van der Waals surface area contributed by atoms with Gasteiger partial charge in [0.25, 0.3) is 11.7 Å². The molecule has 0 saturated heterocycles. The largest absolute Gasteiger partial charge is 0.299 e.